The summed E-state index contributed by atoms with van der Waals surface area (Å²) in [5, 5.41) is 13.9. The standard InChI is InChI=1S/C20H28ClN7O2/c1-11-7-17(27-26-11)24-16-10-15(21)23-18(25-16)22-12-8-13-5-6-14(9-12)28(13)19(29)30-20(2,3)4/h7,10,12-14H,5-6,8-9H2,1-4H3,(H3,22,23,24,25,26,27). The highest BCUT2D eigenvalue weighted by Crippen LogP contribution is 2.37. The molecule has 2 aliphatic rings. The van der Waals surface area contributed by atoms with Gasteiger partial charge in [-0.2, -0.15) is 10.1 Å². The minimum absolute atomic E-state index is 0.167. The van der Waals surface area contributed by atoms with Crippen LogP contribution in [0.2, 0.25) is 5.15 Å². The number of nitrogens with one attached hydrogen (secondary N) is 3. The summed E-state index contributed by atoms with van der Waals surface area (Å²) in [6.07, 6.45) is 3.42. The van der Waals surface area contributed by atoms with Crippen molar-refractivity contribution < 1.29 is 9.53 Å². The summed E-state index contributed by atoms with van der Waals surface area (Å²) in [7, 11) is 0. The highest BCUT2D eigenvalue weighted by Gasteiger charge is 2.45. The van der Waals surface area contributed by atoms with E-state index in [9.17, 15) is 4.79 Å². The minimum Gasteiger partial charge on any atom is -0.444 e. The molecule has 2 saturated heterocycles. The Balaban J connectivity index is 1.42. The third-order valence-electron chi connectivity index (χ3n) is 5.33. The quantitative estimate of drug-likeness (QED) is 0.618. The molecule has 30 heavy (non-hydrogen) atoms. The Kier molecular flexibility index (Phi) is 5.48. The fourth-order valence-corrected chi connectivity index (χ4v) is 4.43. The average Bonchev–Trinajstić information content (AvgIpc) is 3.13. The SMILES string of the molecule is Cc1cc(Nc2cc(Cl)nc(NC3CC4CCC(C3)N4C(=O)OC(C)(C)C)n2)n[nH]1. The number of carbonyl (C=O) groups is 1. The van der Waals surface area contributed by atoms with Crippen LogP contribution in [0.25, 0.3) is 0 Å². The molecule has 2 aromatic rings. The van der Waals surface area contributed by atoms with E-state index in [-0.39, 0.29) is 24.2 Å². The van der Waals surface area contributed by atoms with E-state index in [1.54, 1.807) is 6.07 Å². The summed E-state index contributed by atoms with van der Waals surface area (Å²) in [4.78, 5) is 23.4. The molecule has 0 aromatic carbocycles. The summed E-state index contributed by atoms with van der Waals surface area (Å²) < 4.78 is 5.61. The Morgan fingerprint density at radius 2 is 1.90 bits per heavy atom. The van der Waals surface area contributed by atoms with Crippen LogP contribution in [-0.2, 0) is 4.74 Å². The fourth-order valence-electron chi connectivity index (χ4n) is 4.25. The molecule has 0 radical (unpaired) electrons. The van der Waals surface area contributed by atoms with Crippen LogP contribution in [0.3, 0.4) is 0 Å². The monoisotopic (exact) mass is 433 g/mol. The van der Waals surface area contributed by atoms with Crippen molar-refractivity contribution >= 4 is 35.3 Å². The molecular weight excluding hydrogens is 406 g/mol. The Bertz CT molecular complexity index is 912. The molecule has 4 heterocycles. The molecule has 3 N–H and O–H groups in total. The summed E-state index contributed by atoms with van der Waals surface area (Å²) in [5.41, 5.74) is 0.458. The first-order valence-corrected chi connectivity index (χ1v) is 10.7. The van der Waals surface area contributed by atoms with Gasteiger partial charge in [-0.15, -0.1) is 0 Å². The predicted molar refractivity (Wildman–Crippen MR) is 115 cm³/mol. The lowest BCUT2D eigenvalue weighted by Gasteiger charge is -2.39. The van der Waals surface area contributed by atoms with Gasteiger partial charge in [-0.1, -0.05) is 11.6 Å². The van der Waals surface area contributed by atoms with E-state index in [1.807, 2.05) is 38.7 Å². The highest BCUT2D eigenvalue weighted by molar-refractivity contribution is 6.29. The van der Waals surface area contributed by atoms with Crippen molar-refractivity contribution in [1.82, 2.24) is 25.1 Å². The number of halogens is 1. The van der Waals surface area contributed by atoms with E-state index in [4.69, 9.17) is 16.3 Å². The lowest BCUT2D eigenvalue weighted by molar-refractivity contribution is 0.00682. The molecule has 2 bridgehead atoms. The molecule has 9 nitrogen and oxygen atoms in total. The Morgan fingerprint density at radius 3 is 2.50 bits per heavy atom. The van der Waals surface area contributed by atoms with E-state index < -0.39 is 5.60 Å². The molecule has 2 unspecified atom stereocenters. The van der Waals surface area contributed by atoms with E-state index in [0.717, 1.165) is 31.4 Å². The lowest BCUT2D eigenvalue weighted by atomic mass is 9.98. The molecule has 0 saturated carbocycles. The molecule has 2 fully saturated rings. The molecule has 4 rings (SSSR count). The van der Waals surface area contributed by atoms with Crippen molar-refractivity contribution in [3.8, 4) is 0 Å². The number of hydrogen-bond donors (Lipinski definition) is 3. The van der Waals surface area contributed by atoms with Crippen molar-refractivity contribution in [3.05, 3.63) is 23.0 Å². The van der Waals surface area contributed by atoms with Crippen LogP contribution in [-0.4, -0.2) is 54.9 Å². The van der Waals surface area contributed by atoms with Crippen LogP contribution in [0.15, 0.2) is 12.1 Å². The summed E-state index contributed by atoms with van der Waals surface area (Å²) in [6.45, 7) is 7.62. The van der Waals surface area contributed by atoms with Gasteiger partial charge in [-0.3, -0.25) is 5.10 Å². The Labute approximate surface area is 180 Å². The Hall–Kier alpha value is -2.55. The minimum atomic E-state index is -0.490. The van der Waals surface area contributed by atoms with Gasteiger partial charge in [0.1, 0.15) is 16.6 Å². The van der Waals surface area contributed by atoms with Gasteiger partial charge in [0.05, 0.1) is 0 Å². The largest absolute Gasteiger partial charge is 0.444 e. The van der Waals surface area contributed by atoms with Crippen LogP contribution in [0.1, 0.15) is 52.1 Å². The van der Waals surface area contributed by atoms with Gasteiger partial charge >= 0.3 is 6.09 Å². The van der Waals surface area contributed by atoms with Crippen LogP contribution >= 0.6 is 11.6 Å². The number of amides is 1. The first-order chi connectivity index (χ1) is 14.2. The molecule has 2 aliphatic heterocycles. The van der Waals surface area contributed by atoms with Gasteiger partial charge in [0.25, 0.3) is 0 Å². The number of ether oxygens (including phenoxy) is 1. The molecule has 2 atom stereocenters. The van der Waals surface area contributed by atoms with Crippen LogP contribution in [0.4, 0.5) is 22.4 Å². The summed E-state index contributed by atoms with van der Waals surface area (Å²) >= 11 is 6.21. The number of nitrogens with zero attached hydrogens (tertiary/aromatic N) is 4. The van der Waals surface area contributed by atoms with E-state index in [2.05, 4.69) is 30.8 Å². The Morgan fingerprint density at radius 1 is 1.20 bits per heavy atom. The van der Waals surface area contributed by atoms with Gasteiger partial charge in [-0.25, -0.2) is 9.78 Å². The zero-order chi connectivity index (χ0) is 21.5. The molecule has 0 spiro atoms. The third-order valence-corrected chi connectivity index (χ3v) is 5.52. The summed E-state index contributed by atoms with van der Waals surface area (Å²) in [5.74, 6) is 1.70. The molecular formula is C20H28ClN7O2. The second-order valence-corrected chi connectivity index (χ2v) is 9.43. The topological polar surface area (TPSA) is 108 Å². The second kappa shape index (κ2) is 7.94. The van der Waals surface area contributed by atoms with E-state index >= 15 is 0 Å². The molecule has 2 aromatic heterocycles. The number of aromatic nitrogens is 4. The fraction of sp³-hybridized carbons (Fsp3) is 0.600. The van der Waals surface area contributed by atoms with E-state index in [1.165, 1.54) is 0 Å². The number of piperidine rings is 1. The predicted octanol–water partition coefficient (Wildman–Crippen LogP) is 4.25. The van der Waals surface area contributed by atoms with Crippen LogP contribution in [0.5, 0.6) is 0 Å². The van der Waals surface area contributed by atoms with Gasteiger partial charge in [0, 0.05) is 36.0 Å². The lowest BCUT2D eigenvalue weighted by Crippen LogP contribution is -2.51. The van der Waals surface area contributed by atoms with Crippen molar-refractivity contribution in [1.29, 1.82) is 0 Å². The maximum atomic E-state index is 12.6. The normalized spacial score (nSPS) is 23.4. The maximum Gasteiger partial charge on any atom is 0.410 e. The first-order valence-electron chi connectivity index (χ1n) is 10.3. The zero-order valence-electron chi connectivity index (χ0n) is 17.7. The molecule has 0 aliphatic carbocycles. The number of aromatic amines is 1. The van der Waals surface area contributed by atoms with Gasteiger partial charge in [0.2, 0.25) is 5.95 Å². The van der Waals surface area contributed by atoms with Gasteiger partial charge in [0.15, 0.2) is 5.82 Å². The van der Waals surface area contributed by atoms with Gasteiger partial charge in [-0.05, 0) is 53.4 Å². The third kappa shape index (κ3) is 4.77. The van der Waals surface area contributed by atoms with Crippen LogP contribution < -0.4 is 10.6 Å². The van der Waals surface area contributed by atoms with Crippen LogP contribution in [0, 0.1) is 6.92 Å². The first kappa shape index (κ1) is 20.7. The molecule has 10 heteroatoms. The molecule has 162 valence electrons. The van der Waals surface area contributed by atoms with Crippen molar-refractivity contribution in [2.24, 2.45) is 0 Å². The molecule has 1 amide bonds. The number of fused-ring (bicyclic) bond motifs is 2. The summed E-state index contributed by atoms with van der Waals surface area (Å²) in [6, 6.07) is 4.04. The number of H-pyrrole nitrogens is 1. The number of aryl methyl sites for hydroxylation is 1. The van der Waals surface area contributed by atoms with E-state index in [0.29, 0.717) is 22.7 Å². The zero-order valence-corrected chi connectivity index (χ0v) is 18.5. The number of anilines is 3. The smallest absolute Gasteiger partial charge is 0.410 e. The van der Waals surface area contributed by atoms with Crippen molar-refractivity contribution in [2.45, 2.75) is 77.1 Å². The second-order valence-electron chi connectivity index (χ2n) is 9.05. The number of carbonyl (C=O) groups excluding carboxylic acids is 1. The van der Waals surface area contributed by atoms with Gasteiger partial charge < -0.3 is 20.3 Å². The van der Waals surface area contributed by atoms with Crippen molar-refractivity contribution in [2.75, 3.05) is 10.6 Å². The van der Waals surface area contributed by atoms with Crippen molar-refractivity contribution in [3.63, 3.8) is 0 Å². The maximum absolute atomic E-state index is 12.6. The average molecular weight is 434 g/mol. The number of rotatable bonds is 4. The number of hydrogen-bond acceptors (Lipinski definition) is 7. The highest BCUT2D eigenvalue weighted by atomic mass is 35.5.